The molecule has 0 aliphatic rings. The molecule has 280 valence electrons. The van der Waals surface area contributed by atoms with E-state index < -0.39 is 17.5 Å². The highest BCUT2D eigenvalue weighted by atomic mass is 16.6. The zero-order chi connectivity index (χ0) is 35.6. The summed E-state index contributed by atoms with van der Waals surface area (Å²) in [4.78, 5) is 37.2. The van der Waals surface area contributed by atoms with Crippen LogP contribution in [0.5, 0.6) is 0 Å². The molecule has 0 N–H and O–H groups in total. The van der Waals surface area contributed by atoms with Gasteiger partial charge in [-0.15, -0.1) is 0 Å². The van der Waals surface area contributed by atoms with Gasteiger partial charge >= 0.3 is 17.9 Å². The van der Waals surface area contributed by atoms with Crippen LogP contribution in [-0.2, 0) is 28.6 Å². The molecule has 0 aliphatic heterocycles. The number of rotatable bonds is 33. The van der Waals surface area contributed by atoms with Gasteiger partial charge in [-0.1, -0.05) is 147 Å². The number of ether oxygens (including phenoxy) is 3. The molecule has 0 spiro atoms. The van der Waals surface area contributed by atoms with E-state index >= 15 is 0 Å². The Hall–Kier alpha value is -2.11. The van der Waals surface area contributed by atoms with Gasteiger partial charge in [-0.2, -0.15) is 0 Å². The quantitative estimate of drug-likeness (QED) is 0.0298. The van der Waals surface area contributed by atoms with Crippen molar-refractivity contribution in [2.24, 2.45) is 5.41 Å². The maximum atomic E-state index is 12.5. The fourth-order valence-electron chi connectivity index (χ4n) is 5.33. The van der Waals surface area contributed by atoms with Gasteiger partial charge in [0.2, 0.25) is 0 Å². The summed E-state index contributed by atoms with van der Waals surface area (Å²) in [6.07, 6.45) is 37.6. The van der Waals surface area contributed by atoms with E-state index in [9.17, 15) is 14.4 Å². The minimum Gasteiger partial charge on any atom is -0.462 e. The molecule has 48 heavy (non-hydrogen) atoms. The first-order valence-electron chi connectivity index (χ1n) is 20.0. The van der Waals surface area contributed by atoms with Crippen molar-refractivity contribution in [2.45, 2.75) is 208 Å². The summed E-state index contributed by atoms with van der Waals surface area (Å²) in [5.74, 6) is -1.02. The van der Waals surface area contributed by atoms with Crippen molar-refractivity contribution in [1.29, 1.82) is 0 Å². The van der Waals surface area contributed by atoms with Gasteiger partial charge in [-0.3, -0.25) is 14.4 Å². The largest absolute Gasteiger partial charge is 0.462 e. The molecule has 0 heterocycles. The summed E-state index contributed by atoms with van der Waals surface area (Å²) < 4.78 is 16.4. The summed E-state index contributed by atoms with van der Waals surface area (Å²) in [7, 11) is 0. The third kappa shape index (κ3) is 32.4. The topological polar surface area (TPSA) is 78.9 Å². The minimum atomic E-state index is -0.805. The van der Waals surface area contributed by atoms with Gasteiger partial charge in [0.1, 0.15) is 13.2 Å². The number of esters is 3. The highest BCUT2D eigenvalue weighted by molar-refractivity contribution is 5.75. The van der Waals surface area contributed by atoms with E-state index in [0.29, 0.717) is 12.8 Å². The number of carbonyl (C=O) groups excluding carboxylic acids is 3. The minimum absolute atomic E-state index is 0.101. The van der Waals surface area contributed by atoms with E-state index in [2.05, 4.69) is 38.2 Å². The molecule has 6 heteroatoms. The Labute approximate surface area is 296 Å². The Kier molecular flexibility index (Phi) is 31.9. The molecule has 0 saturated carbocycles. The summed E-state index contributed by atoms with van der Waals surface area (Å²) in [6.45, 7) is 9.59. The van der Waals surface area contributed by atoms with Crippen molar-refractivity contribution in [1.82, 2.24) is 0 Å². The van der Waals surface area contributed by atoms with Gasteiger partial charge in [0.25, 0.3) is 0 Å². The Morgan fingerprint density at radius 1 is 0.500 bits per heavy atom. The molecule has 0 radical (unpaired) electrons. The van der Waals surface area contributed by atoms with Crippen molar-refractivity contribution < 1.29 is 28.6 Å². The number of unbranched alkanes of at least 4 members (excludes halogenated alkanes) is 20. The standard InChI is InChI=1S/C42H76O6/c1-6-8-10-12-14-16-18-20-21-23-25-27-29-31-33-35-40(44)47-37-38(48-41(45)42(3,4)5)36-46-39(43)34-32-30-28-26-24-22-19-17-15-13-11-9-7-2/h14,16,20-21,38H,6-13,15,17-19,22-37H2,1-5H3/b16-14-,21-20-. The molecule has 0 aromatic carbocycles. The third-order valence-electron chi connectivity index (χ3n) is 8.56. The van der Waals surface area contributed by atoms with E-state index in [-0.39, 0.29) is 25.2 Å². The smallest absolute Gasteiger partial charge is 0.311 e. The van der Waals surface area contributed by atoms with Crippen molar-refractivity contribution in [3.05, 3.63) is 24.3 Å². The molecule has 1 atom stereocenters. The van der Waals surface area contributed by atoms with Crippen LogP contribution < -0.4 is 0 Å². The van der Waals surface area contributed by atoms with E-state index in [1.54, 1.807) is 20.8 Å². The lowest BCUT2D eigenvalue weighted by atomic mass is 9.97. The first kappa shape index (κ1) is 45.9. The zero-order valence-corrected chi connectivity index (χ0v) is 32.1. The third-order valence-corrected chi connectivity index (χ3v) is 8.56. The molecular formula is C42H76O6. The van der Waals surface area contributed by atoms with Crippen LogP contribution in [0, 0.1) is 5.41 Å². The van der Waals surface area contributed by atoms with Crippen molar-refractivity contribution in [3.8, 4) is 0 Å². The van der Waals surface area contributed by atoms with E-state index in [4.69, 9.17) is 14.2 Å². The molecule has 0 aliphatic carbocycles. The fourth-order valence-corrected chi connectivity index (χ4v) is 5.33. The van der Waals surface area contributed by atoms with E-state index in [0.717, 1.165) is 57.8 Å². The SMILES string of the molecule is CCCCC/C=C\C/C=C\CCCCCCCC(=O)OCC(COC(=O)CCCCCCCCCCCCCCC)OC(=O)C(C)(C)C. The van der Waals surface area contributed by atoms with Crippen LogP contribution in [0.25, 0.3) is 0 Å². The molecule has 6 nitrogen and oxygen atoms in total. The van der Waals surface area contributed by atoms with Crippen LogP contribution in [0.15, 0.2) is 24.3 Å². The molecule has 0 saturated heterocycles. The monoisotopic (exact) mass is 677 g/mol. The molecule has 0 aromatic heterocycles. The first-order chi connectivity index (χ1) is 23.2. The van der Waals surface area contributed by atoms with E-state index in [1.807, 2.05) is 0 Å². The van der Waals surface area contributed by atoms with E-state index in [1.165, 1.54) is 96.3 Å². The summed E-state index contributed by atoms with van der Waals surface area (Å²) in [6, 6.07) is 0. The lowest BCUT2D eigenvalue weighted by molar-refractivity contribution is -0.172. The Morgan fingerprint density at radius 2 is 0.854 bits per heavy atom. The Morgan fingerprint density at radius 3 is 1.27 bits per heavy atom. The lowest BCUT2D eigenvalue weighted by Gasteiger charge is -2.23. The molecule has 0 rings (SSSR count). The van der Waals surface area contributed by atoms with Gasteiger partial charge in [0.15, 0.2) is 6.10 Å². The van der Waals surface area contributed by atoms with Gasteiger partial charge in [0, 0.05) is 12.8 Å². The molecular weight excluding hydrogens is 600 g/mol. The van der Waals surface area contributed by atoms with Gasteiger partial charge < -0.3 is 14.2 Å². The molecule has 0 amide bonds. The first-order valence-corrected chi connectivity index (χ1v) is 20.0. The number of hydrogen-bond acceptors (Lipinski definition) is 6. The van der Waals surface area contributed by atoms with Crippen molar-refractivity contribution in [3.63, 3.8) is 0 Å². The second-order valence-corrected chi connectivity index (χ2v) is 14.6. The van der Waals surface area contributed by atoms with Gasteiger partial charge in [0.05, 0.1) is 5.41 Å². The zero-order valence-electron chi connectivity index (χ0n) is 32.1. The van der Waals surface area contributed by atoms with Crippen LogP contribution in [0.1, 0.15) is 202 Å². The van der Waals surface area contributed by atoms with Gasteiger partial charge in [-0.25, -0.2) is 0 Å². The normalized spacial score (nSPS) is 12.5. The lowest BCUT2D eigenvalue weighted by Crippen LogP contribution is -2.35. The molecule has 0 fully saturated rings. The molecule has 0 aromatic rings. The van der Waals surface area contributed by atoms with Crippen molar-refractivity contribution in [2.75, 3.05) is 13.2 Å². The maximum Gasteiger partial charge on any atom is 0.311 e. The Bertz CT molecular complexity index is 824. The second kappa shape index (κ2) is 33.4. The predicted molar refractivity (Wildman–Crippen MR) is 201 cm³/mol. The maximum absolute atomic E-state index is 12.5. The fraction of sp³-hybridized carbons (Fsp3) is 0.833. The summed E-state index contributed by atoms with van der Waals surface area (Å²) in [5, 5.41) is 0. The number of allylic oxidation sites excluding steroid dienone is 4. The predicted octanol–water partition coefficient (Wildman–Crippen LogP) is 12.3. The van der Waals surface area contributed by atoms with Crippen LogP contribution in [0.3, 0.4) is 0 Å². The van der Waals surface area contributed by atoms with Crippen molar-refractivity contribution >= 4 is 17.9 Å². The van der Waals surface area contributed by atoms with Gasteiger partial charge in [-0.05, 0) is 65.7 Å². The van der Waals surface area contributed by atoms with Crippen LogP contribution in [-0.4, -0.2) is 37.2 Å². The average Bonchev–Trinajstić information content (AvgIpc) is 3.05. The summed E-state index contributed by atoms with van der Waals surface area (Å²) in [5.41, 5.74) is -0.707. The number of hydrogen-bond donors (Lipinski definition) is 0. The van der Waals surface area contributed by atoms with Crippen LogP contribution in [0.4, 0.5) is 0 Å². The highest BCUT2D eigenvalue weighted by Gasteiger charge is 2.28. The molecule has 0 bridgehead atoms. The van der Waals surface area contributed by atoms with Crippen LogP contribution in [0.2, 0.25) is 0 Å². The second-order valence-electron chi connectivity index (χ2n) is 14.6. The highest BCUT2D eigenvalue weighted by Crippen LogP contribution is 2.18. The Balaban J connectivity index is 4.08. The van der Waals surface area contributed by atoms with Crippen LogP contribution >= 0.6 is 0 Å². The number of carbonyl (C=O) groups is 3. The summed E-state index contributed by atoms with van der Waals surface area (Å²) >= 11 is 0. The average molecular weight is 677 g/mol. The molecule has 1 unspecified atom stereocenters.